The van der Waals surface area contributed by atoms with Crippen LogP contribution in [0.3, 0.4) is 0 Å². The van der Waals surface area contributed by atoms with E-state index in [0.29, 0.717) is 52.7 Å². The van der Waals surface area contributed by atoms with E-state index >= 15 is 0 Å². The fourth-order valence-corrected chi connectivity index (χ4v) is 5.84. The first kappa shape index (κ1) is 33.4. The number of ether oxygens (including phenoxy) is 2. The highest BCUT2D eigenvalue weighted by atomic mass is 79.9. The van der Waals surface area contributed by atoms with E-state index < -0.39 is 17.4 Å². The molecule has 0 amide bonds. The molecule has 0 bridgehead atoms. The van der Waals surface area contributed by atoms with Gasteiger partial charge < -0.3 is 9.47 Å². The summed E-state index contributed by atoms with van der Waals surface area (Å²) < 4.78 is 13.4. The lowest BCUT2D eigenvalue weighted by atomic mass is 10.2. The molecule has 0 saturated heterocycles. The van der Waals surface area contributed by atoms with Crippen LogP contribution in [0.15, 0.2) is 70.5 Å². The number of fused-ring (bicyclic) bond motifs is 2. The Morgan fingerprint density at radius 1 is 0.783 bits per heavy atom. The Labute approximate surface area is 289 Å². The average Bonchev–Trinajstić information content (AvgIpc) is 3.63. The molecule has 0 aliphatic carbocycles. The van der Waals surface area contributed by atoms with Gasteiger partial charge in [0.1, 0.15) is 5.56 Å². The standard InChI is InChI=1S/C15H10BrCl2N3O2.C15H11Cl2N3O3/c1-2-23-15(22)11-6-19-21-7-12(20-14(21)13(11)16)8-3-9(17)5-10(18)4-8;1-2-23-15(22)11-6-18-20-7-12(19-14(20)13(11)21)8-3-9(16)5-10(17)4-8/h3-7H,2H2,1H3;3-7,18H,2H2,1H3. The van der Waals surface area contributed by atoms with E-state index in [1.54, 1.807) is 67.2 Å². The molecule has 0 spiro atoms. The maximum Gasteiger partial charge on any atom is 0.343 e. The van der Waals surface area contributed by atoms with Crippen LogP contribution in [0.1, 0.15) is 34.6 Å². The van der Waals surface area contributed by atoms with Gasteiger partial charge in [-0.2, -0.15) is 5.10 Å². The first-order valence-electron chi connectivity index (χ1n) is 13.4. The predicted octanol–water partition coefficient (Wildman–Crippen LogP) is 7.82. The molecule has 0 aliphatic rings. The van der Waals surface area contributed by atoms with Crippen molar-refractivity contribution in [1.29, 1.82) is 0 Å². The molecule has 0 fully saturated rings. The summed E-state index contributed by atoms with van der Waals surface area (Å²) in [6.07, 6.45) is 6.08. The zero-order valence-electron chi connectivity index (χ0n) is 23.9. The Morgan fingerprint density at radius 2 is 1.28 bits per heavy atom. The fraction of sp³-hybridized carbons (Fsp3) is 0.133. The summed E-state index contributed by atoms with van der Waals surface area (Å²) >= 11 is 27.4. The number of aromatic amines is 1. The van der Waals surface area contributed by atoms with Crippen molar-refractivity contribution in [3.63, 3.8) is 0 Å². The second-order valence-corrected chi connectivity index (χ2v) is 11.9. The monoisotopic (exact) mass is 764 g/mol. The second-order valence-electron chi connectivity index (χ2n) is 9.36. The third kappa shape index (κ3) is 7.21. The summed E-state index contributed by atoms with van der Waals surface area (Å²) in [5.41, 5.74) is 2.87. The van der Waals surface area contributed by atoms with Gasteiger partial charge in [-0.05, 0) is 66.2 Å². The van der Waals surface area contributed by atoms with Crippen molar-refractivity contribution in [2.45, 2.75) is 13.8 Å². The van der Waals surface area contributed by atoms with Crippen molar-refractivity contribution >= 4 is 85.6 Å². The highest BCUT2D eigenvalue weighted by molar-refractivity contribution is 9.10. The molecule has 0 unspecified atom stereocenters. The topological polar surface area (TPSA) is 133 Å². The molecule has 6 aromatic rings. The summed E-state index contributed by atoms with van der Waals surface area (Å²) in [7, 11) is 0. The molecule has 6 rings (SSSR count). The first-order chi connectivity index (χ1) is 22.0. The van der Waals surface area contributed by atoms with Gasteiger partial charge in [0.2, 0.25) is 11.1 Å². The number of carbonyl (C=O) groups is 2. The van der Waals surface area contributed by atoms with E-state index in [1.165, 1.54) is 16.9 Å². The van der Waals surface area contributed by atoms with Gasteiger partial charge in [0.15, 0.2) is 5.65 Å². The van der Waals surface area contributed by atoms with Gasteiger partial charge >= 0.3 is 11.9 Å². The molecule has 236 valence electrons. The lowest BCUT2D eigenvalue weighted by Crippen LogP contribution is -2.20. The minimum absolute atomic E-state index is 0.0849. The summed E-state index contributed by atoms with van der Waals surface area (Å²) in [5.74, 6) is -1.14. The molecule has 11 nitrogen and oxygen atoms in total. The Hall–Kier alpha value is -3.94. The number of benzene rings is 2. The molecule has 4 aromatic heterocycles. The number of nitrogens with one attached hydrogen (secondary N) is 1. The molecule has 16 heteroatoms. The van der Waals surface area contributed by atoms with Crippen molar-refractivity contribution in [2.24, 2.45) is 0 Å². The van der Waals surface area contributed by atoms with E-state index in [-0.39, 0.29) is 24.4 Å². The number of carbonyl (C=O) groups excluding carboxylic acids is 2. The number of halogens is 5. The van der Waals surface area contributed by atoms with Crippen LogP contribution in [-0.4, -0.2) is 54.3 Å². The van der Waals surface area contributed by atoms with E-state index in [2.05, 4.69) is 36.1 Å². The molecular formula is C30H21BrCl4N6O5. The number of esters is 2. The maximum absolute atomic E-state index is 12.4. The van der Waals surface area contributed by atoms with Gasteiger partial charge in [0.05, 0.1) is 53.2 Å². The zero-order chi connectivity index (χ0) is 33.1. The predicted molar refractivity (Wildman–Crippen MR) is 179 cm³/mol. The van der Waals surface area contributed by atoms with E-state index in [9.17, 15) is 14.4 Å². The Morgan fingerprint density at radius 3 is 1.83 bits per heavy atom. The quantitative estimate of drug-likeness (QED) is 0.170. The minimum atomic E-state index is -0.688. The Balaban J connectivity index is 0.000000181. The molecule has 0 aliphatic heterocycles. The van der Waals surface area contributed by atoms with Gasteiger partial charge in [-0.1, -0.05) is 46.4 Å². The van der Waals surface area contributed by atoms with Crippen molar-refractivity contribution < 1.29 is 19.1 Å². The third-order valence-corrected chi connectivity index (χ3v) is 7.90. The molecule has 46 heavy (non-hydrogen) atoms. The van der Waals surface area contributed by atoms with Crippen LogP contribution in [0.4, 0.5) is 0 Å². The maximum atomic E-state index is 12.4. The summed E-state index contributed by atoms with van der Waals surface area (Å²) in [6, 6.07) is 10.1. The van der Waals surface area contributed by atoms with Crippen molar-refractivity contribution in [1.82, 2.24) is 29.2 Å². The van der Waals surface area contributed by atoms with Crippen LogP contribution in [0.25, 0.3) is 33.8 Å². The molecular weight excluding hydrogens is 746 g/mol. The highest BCUT2D eigenvalue weighted by Crippen LogP contribution is 2.30. The third-order valence-electron chi connectivity index (χ3n) is 6.24. The van der Waals surface area contributed by atoms with Gasteiger partial charge in [-0.3, -0.25) is 9.89 Å². The van der Waals surface area contributed by atoms with Gasteiger partial charge in [-0.25, -0.2) is 28.6 Å². The van der Waals surface area contributed by atoms with E-state index in [4.69, 9.17) is 55.9 Å². The van der Waals surface area contributed by atoms with E-state index in [1.807, 2.05) is 0 Å². The first-order valence-corrected chi connectivity index (χ1v) is 15.7. The lowest BCUT2D eigenvalue weighted by molar-refractivity contribution is 0.0515. The largest absolute Gasteiger partial charge is 0.462 e. The van der Waals surface area contributed by atoms with Crippen LogP contribution in [-0.2, 0) is 9.47 Å². The molecule has 2 aromatic carbocycles. The van der Waals surface area contributed by atoms with Gasteiger partial charge in [0, 0.05) is 37.4 Å². The molecule has 0 saturated carbocycles. The van der Waals surface area contributed by atoms with Crippen molar-refractivity contribution in [2.75, 3.05) is 13.2 Å². The number of aromatic nitrogens is 6. The number of rotatable bonds is 6. The normalized spacial score (nSPS) is 10.9. The lowest BCUT2D eigenvalue weighted by Gasteiger charge is -2.04. The molecule has 4 heterocycles. The van der Waals surface area contributed by atoms with Crippen LogP contribution < -0.4 is 5.43 Å². The van der Waals surface area contributed by atoms with Gasteiger partial charge in [-0.15, -0.1) is 0 Å². The Kier molecular flexibility index (Phi) is 10.3. The average molecular weight is 767 g/mol. The summed E-state index contributed by atoms with van der Waals surface area (Å²) in [6.45, 7) is 3.89. The van der Waals surface area contributed by atoms with Gasteiger partial charge in [0.25, 0.3) is 0 Å². The second kappa shape index (κ2) is 14.2. The van der Waals surface area contributed by atoms with Crippen LogP contribution >= 0.6 is 62.3 Å². The van der Waals surface area contributed by atoms with Crippen LogP contribution in [0, 0.1) is 0 Å². The smallest absolute Gasteiger partial charge is 0.343 e. The van der Waals surface area contributed by atoms with Crippen molar-refractivity contribution in [3.05, 3.63) is 107 Å². The molecule has 1 N–H and O–H groups in total. The summed E-state index contributed by atoms with van der Waals surface area (Å²) in [4.78, 5) is 44.8. The SMILES string of the molecule is CCOC(=O)c1c[nH]n2cc(-c3cc(Cl)cc(Cl)c3)nc2c1=O.CCOC(=O)c1cnn2cc(-c3cc(Cl)cc(Cl)c3)nc2c1Br. The summed E-state index contributed by atoms with van der Waals surface area (Å²) in [5, 5.41) is 8.96. The fourth-order valence-electron chi connectivity index (χ4n) is 4.26. The van der Waals surface area contributed by atoms with Crippen LogP contribution in [0.2, 0.25) is 20.1 Å². The zero-order valence-corrected chi connectivity index (χ0v) is 28.5. The molecule has 0 atom stereocenters. The Bertz CT molecular complexity index is 2140. The number of hydrogen-bond acceptors (Lipinski definition) is 8. The van der Waals surface area contributed by atoms with Crippen molar-refractivity contribution in [3.8, 4) is 22.5 Å². The highest BCUT2D eigenvalue weighted by Gasteiger charge is 2.19. The number of nitrogens with zero attached hydrogens (tertiary/aromatic N) is 5. The number of H-pyrrole nitrogens is 1. The minimum Gasteiger partial charge on any atom is -0.462 e. The number of imidazole rings is 2. The number of hydrogen-bond donors (Lipinski definition) is 1. The molecule has 0 radical (unpaired) electrons. The van der Waals surface area contributed by atoms with E-state index in [0.717, 1.165) is 5.56 Å². The van der Waals surface area contributed by atoms with Crippen LogP contribution in [0.5, 0.6) is 0 Å².